The van der Waals surface area contributed by atoms with E-state index in [1.807, 2.05) is 38.1 Å². The molecule has 0 bridgehead atoms. The first-order valence-electron chi connectivity index (χ1n) is 7.79. The molecule has 0 saturated carbocycles. The van der Waals surface area contributed by atoms with Gasteiger partial charge in [0.2, 0.25) is 0 Å². The van der Waals surface area contributed by atoms with Crippen LogP contribution in [-0.2, 0) is 0 Å². The van der Waals surface area contributed by atoms with E-state index in [0.29, 0.717) is 13.0 Å². The van der Waals surface area contributed by atoms with Crippen molar-refractivity contribution in [3.8, 4) is 5.75 Å². The predicted octanol–water partition coefficient (Wildman–Crippen LogP) is 3.06. The monoisotopic (exact) mass is 328 g/mol. The highest BCUT2D eigenvalue weighted by atomic mass is 16.5. The first-order chi connectivity index (χ1) is 11.6. The van der Waals surface area contributed by atoms with E-state index in [9.17, 15) is 9.59 Å². The zero-order valence-corrected chi connectivity index (χ0v) is 13.7. The Morgan fingerprint density at radius 2 is 1.83 bits per heavy atom. The number of hydrogen-bond acceptors (Lipinski definition) is 4. The molecule has 0 saturated heterocycles. The minimum Gasteiger partial charge on any atom is -0.494 e. The van der Waals surface area contributed by atoms with Gasteiger partial charge in [-0.05, 0) is 31.5 Å². The largest absolute Gasteiger partial charge is 0.494 e. The summed E-state index contributed by atoms with van der Waals surface area (Å²) in [5.74, 6) is -0.867. The number of carboxylic acids is 1. The molecule has 0 aliphatic carbocycles. The van der Waals surface area contributed by atoms with Crippen LogP contribution in [0.2, 0.25) is 0 Å². The Kier molecular flexibility index (Phi) is 5.89. The summed E-state index contributed by atoms with van der Waals surface area (Å²) in [7, 11) is 0. The molecule has 0 fully saturated rings. The van der Waals surface area contributed by atoms with E-state index >= 15 is 0 Å². The zero-order chi connectivity index (χ0) is 17.5. The number of para-hydroxylation sites is 1. The average Bonchev–Trinajstić information content (AvgIpc) is 2.60. The minimum absolute atomic E-state index is 0.0715. The summed E-state index contributed by atoms with van der Waals surface area (Å²) in [6.07, 6.45) is 0.661. The molecule has 6 nitrogen and oxygen atoms in total. The van der Waals surface area contributed by atoms with Crippen molar-refractivity contribution in [3.63, 3.8) is 0 Å². The molecule has 1 amide bonds. The van der Waals surface area contributed by atoms with Gasteiger partial charge in [0.05, 0.1) is 12.6 Å². The molecule has 1 aromatic carbocycles. The number of aromatic carboxylic acids is 1. The van der Waals surface area contributed by atoms with Crippen molar-refractivity contribution in [3.05, 3.63) is 59.4 Å². The molecule has 0 radical (unpaired) electrons. The van der Waals surface area contributed by atoms with Gasteiger partial charge in [0.15, 0.2) is 0 Å². The van der Waals surface area contributed by atoms with Crippen LogP contribution in [0.1, 0.15) is 52.9 Å². The van der Waals surface area contributed by atoms with E-state index < -0.39 is 11.9 Å². The van der Waals surface area contributed by atoms with E-state index in [4.69, 9.17) is 9.84 Å². The highest BCUT2D eigenvalue weighted by molar-refractivity contribution is 5.94. The molecule has 0 aliphatic heterocycles. The number of amides is 1. The molecule has 2 rings (SSSR count). The van der Waals surface area contributed by atoms with Crippen LogP contribution < -0.4 is 10.1 Å². The maximum absolute atomic E-state index is 12.4. The van der Waals surface area contributed by atoms with Crippen LogP contribution in [-0.4, -0.2) is 28.6 Å². The fourth-order valence-corrected chi connectivity index (χ4v) is 2.37. The number of carboxylic acid groups (broad SMARTS) is 1. The first kappa shape index (κ1) is 17.5. The van der Waals surface area contributed by atoms with Gasteiger partial charge in [-0.2, -0.15) is 0 Å². The molecule has 1 atom stereocenters. The summed E-state index contributed by atoms with van der Waals surface area (Å²) in [4.78, 5) is 27.3. The van der Waals surface area contributed by atoms with Crippen molar-refractivity contribution in [1.82, 2.24) is 10.3 Å². The number of carbonyl (C=O) groups is 2. The lowest BCUT2D eigenvalue weighted by atomic mass is 10.0. The second-order valence-corrected chi connectivity index (χ2v) is 5.12. The maximum atomic E-state index is 12.4. The van der Waals surface area contributed by atoms with Crippen molar-refractivity contribution in [2.75, 3.05) is 6.61 Å². The summed E-state index contributed by atoms with van der Waals surface area (Å²) in [6, 6.07) is 11.6. The number of aromatic nitrogens is 1. The molecule has 24 heavy (non-hydrogen) atoms. The molecule has 0 spiro atoms. The van der Waals surface area contributed by atoms with Gasteiger partial charge in [-0.15, -0.1) is 0 Å². The number of nitrogens with zero attached hydrogens (tertiary/aromatic N) is 1. The van der Waals surface area contributed by atoms with Crippen molar-refractivity contribution in [2.24, 2.45) is 0 Å². The van der Waals surface area contributed by atoms with Crippen LogP contribution in [0.15, 0.2) is 42.5 Å². The van der Waals surface area contributed by atoms with Gasteiger partial charge in [-0.25, -0.2) is 9.78 Å². The van der Waals surface area contributed by atoms with Crippen LogP contribution >= 0.6 is 0 Å². The van der Waals surface area contributed by atoms with Gasteiger partial charge in [-0.3, -0.25) is 4.79 Å². The Hall–Kier alpha value is -2.89. The van der Waals surface area contributed by atoms with Gasteiger partial charge >= 0.3 is 5.97 Å². The Morgan fingerprint density at radius 3 is 2.50 bits per heavy atom. The molecule has 1 unspecified atom stereocenters. The number of hydrogen-bond donors (Lipinski definition) is 2. The summed E-state index contributed by atoms with van der Waals surface area (Å²) in [5.41, 5.74) is 0.789. The van der Waals surface area contributed by atoms with Crippen LogP contribution in [0.5, 0.6) is 5.75 Å². The maximum Gasteiger partial charge on any atom is 0.354 e. The van der Waals surface area contributed by atoms with Crippen molar-refractivity contribution in [1.29, 1.82) is 0 Å². The van der Waals surface area contributed by atoms with Crippen LogP contribution in [0.25, 0.3) is 0 Å². The lowest BCUT2D eigenvalue weighted by Gasteiger charge is -2.20. The van der Waals surface area contributed by atoms with Crippen LogP contribution in [0, 0.1) is 0 Å². The first-order valence-corrected chi connectivity index (χ1v) is 7.79. The Balaban J connectivity index is 2.23. The third kappa shape index (κ3) is 4.10. The topological polar surface area (TPSA) is 88.5 Å². The third-order valence-electron chi connectivity index (χ3n) is 3.51. The Bertz CT molecular complexity index is 730. The van der Waals surface area contributed by atoms with Crippen molar-refractivity contribution in [2.45, 2.75) is 26.3 Å². The van der Waals surface area contributed by atoms with E-state index in [1.165, 1.54) is 18.2 Å². The number of pyridine rings is 1. The highest BCUT2D eigenvalue weighted by Crippen LogP contribution is 2.27. The fourth-order valence-electron chi connectivity index (χ4n) is 2.37. The lowest BCUT2D eigenvalue weighted by molar-refractivity contribution is 0.0690. The highest BCUT2D eigenvalue weighted by Gasteiger charge is 2.19. The van der Waals surface area contributed by atoms with E-state index in [1.54, 1.807) is 0 Å². The number of rotatable bonds is 7. The van der Waals surface area contributed by atoms with Gasteiger partial charge < -0.3 is 15.2 Å². The molecule has 126 valence electrons. The molecule has 0 aliphatic rings. The molecule has 2 N–H and O–H groups in total. The van der Waals surface area contributed by atoms with Gasteiger partial charge in [0.25, 0.3) is 5.91 Å². The Labute approximate surface area is 140 Å². The average molecular weight is 328 g/mol. The van der Waals surface area contributed by atoms with E-state index in [2.05, 4.69) is 10.3 Å². The molecular formula is C18H20N2O4. The predicted molar refractivity (Wildman–Crippen MR) is 89.3 cm³/mol. The van der Waals surface area contributed by atoms with Gasteiger partial charge in [0, 0.05) is 5.56 Å². The van der Waals surface area contributed by atoms with Gasteiger partial charge in [-0.1, -0.05) is 31.2 Å². The normalized spacial score (nSPS) is 11.6. The Morgan fingerprint density at radius 1 is 1.12 bits per heavy atom. The number of nitrogens with one attached hydrogen (secondary N) is 1. The van der Waals surface area contributed by atoms with Crippen LogP contribution in [0.3, 0.4) is 0 Å². The van der Waals surface area contributed by atoms with E-state index in [0.717, 1.165) is 11.3 Å². The zero-order valence-electron chi connectivity index (χ0n) is 13.7. The fraction of sp³-hybridized carbons (Fsp3) is 0.278. The summed E-state index contributed by atoms with van der Waals surface area (Å²) in [5, 5.41) is 11.9. The molecule has 6 heteroatoms. The smallest absolute Gasteiger partial charge is 0.354 e. The van der Waals surface area contributed by atoms with Gasteiger partial charge in [0.1, 0.15) is 17.1 Å². The number of benzene rings is 1. The molecule has 1 heterocycles. The quantitative estimate of drug-likeness (QED) is 0.815. The second-order valence-electron chi connectivity index (χ2n) is 5.12. The number of ether oxygens (including phenoxy) is 1. The second kappa shape index (κ2) is 8.10. The molecule has 1 aromatic heterocycles. The molecule has 2 aromatic rings. The summed E-state index contributed by atoms with van der Waals surface area (Å²) in [6.45, 7) is 4.38. The van der Waals surface area contributed by atoms with E-state index in [-0.39, 0.29) is 17.4 Å². The van der Waals surface area contributed by atoms with Crippen molar-refractivity contribution >= 4 is 11.9 Å². The minimum atomic E-state index is -1.17. The van der Waals surface area contributed by atoms with Crippen molar-refractivity contribution < 1.29 is 19.4 Å². The summed E-state index contributed by atoms with van der Waals surface area (Å²) < 4.78 is 5.61. The SMILES string of the molecule is CCOc1ccccc1C(CC)NC(=O)c1cccc(C(=O)O)n1. The summed E-state index contributed by atoms with van der Waals surface area (Å²) >= 11 is 0. The third-order valence-corrected chi connectivity index (χ3v) is 3.51. The molecular weight excluding hydrogens is 308 g/mol. The van der Waals surface area contributed by atoms with Crippen LogP contribution in [0.4, 0.5) is 0 Å². The number of carbonyl (C=O) groups excluding carboxylic acids is 1. The standard InChI is InChI=1S/C18H20N2O4/c1-3-13(12-8-5-6-11-16(12)24-4-2)20-17(21)14-9-7-10-15(19-14)18(22)23/h5-11,13H,3-4H2,1-2H3,(H,20,21)(H,22,23). The lowest BCUT2D eigenvalue weighted by Crippen LogP contribution is -2.29.